The van der Waals surface area contributed by atoms with Gasteiger partial charge in [-0.2, -0.15) is 0 Å². The molecule has 0 bridgehead atoms. The highest BCUT2D eigenvalue weighted by molar-refractivity contribution is 5.94. The Morgan fingerprint density at radius 2 is 1.53 bits per heavy atom. The van der Waals surface area contributed by atoms with Gasteiger partial charge in [0.05, 0.1) is 5.69 Å². The first-order chi connectivity index (χ1) is 21.9. The van der Waals surface area contributed by atoms with Crippen molar-refractivity contribution in [1.29, 1.82) is 0 Å². The van der Waals surface area contributed by atoms with Gasteiger partial charge in [0, 0.05) is 50.4 Å². The van der Waals surface area contributed by atoms with Crippen molar-refractivity contribution in [3.05, 3.63) is 120 Å². The Hall–Kier alpha value is -4.66. The summed E-state index contributed by atoms with van der Waals surface area (Å²) < 4.78 is 5.75. The summed E-state index contributed by atoms with van der Waals surface area (Å²) in [5, 5.41) is 15.4. The van der Waals surface area contributed by atoms with Crippen LogP contribution >= 0.6 is 0 Å². The Morgan fingerprint density at radius 3 is 2.27 bits per heavy atom. The molecule has 0 unspecified atom stereocenters. The fraction of sp³-hybridized carbons (Fsp3) is 0.297. The molecule has 3 N–H and O–H groups in total. The molecule has 45 heavy (non-hydrogen) atoms. The van der Waals surface area contributed by atoms with E-state index in [2.05, 4.69) is 27.5 Å². The number of phenols is 1. The fourth-order valence-electron chi connectivity index (χ4n) is 5.57. The first-order valence-electron chi connectivity index (χ1n) is 15.6. The predicted molar refractivity (Wildman–Crippen MR) is 178 cm³/mol. The lowest BCUT2D eigenvalue weighted by atomic mass is 10.0. The molecule has 1 aliphatic heterocycles. The molecule has 5 rings (SSSR count). The van der Waals surface area contributed by atoms with E-state index in [1.165, 1.54) is 5.56 Å². The molecule has 4 aromatic rings. The Morgan fingerprint density at radius 1 is 0.867 bits per heavy atom. The Bertz CT molecular complexity index is 1520. The first kappa shape index (κ1) is 31.8. The van der Waals surface area contributed by atoms with E-state index < -0.39 is 6.09 Å². The zero-order chi connectivity index (χ0) is 31.4. The van der Waals surface area contributed by atoms with Crippen LogP contribution in [0.2, 0.25) is 0 Å². The molecule has 1 aliphatic rings. The molecular formula is C37H42N4O4. The number of amides is 2. The summed E-state index contributed by atoms with van der Waals surface area (Å²) >= 11 is 0. The number of nitrogens with one attached hydrogen (secondary N) is 2. The number of rotatable bonds is 12. The molecule has 0 aliphatic carbocycles. The summed E-state index contributed by atoms with van der Waals surface area (Å²) in [6.45, 7) is 4.61. The van der Waals surface area contributed by atoms with Gasteiger partial charge in [-0.05, 0) is 73.3 Å². The summed E-state index contributed by atoms with van der Waals surface area (Å²) in [4.78, 5) is 29.9. The Balaban J connectivity index is 0.978. The molecule has 1 saturated heterocycles. The van der Waals surface area contributed by atoms with Crippen molar-refractivity contribution in [1.82, 2.24) is 15.1 Å². The number of hydrogen-bond acceptors (Lipinski definition) is 6. The van der Waals surface area contributed by atoms with Crippen LogP contribution in [0, 0.1) is 0 Å². The summed E-state index contributed by atoms with van der Waals surface area (Å²) in [6.07, 6.45) is 1.85. The van der Waals surface area contributed by atoms with E-state index in [-0.39, 0.29) is 17.8 Å². The molecule has 0 saturated carbocycles. The van der Waals surface area contributed by atoms with Gasteiger partial charge in [-0.1, -0.05) is 72.8 Å². The standard InChI is InChI=1S/C37H42N4O4/c1-40(23-19-28-13-17-32(42)18-14-28)27-29-11-15-31(16-12-29)36(43)38-22-26-41-24-20-33(21-25-41)45-37(44)39-35-10-6-5-9-34(35)30-7-3-2-4-8-30/h2-18,33,42H,19-27H2,1H3,(H,38,43)(H,39,44). The summed E-state index contributed by atoms with van der Waals surface area (Å²) in [5.41, 5.74) is 5.71. The van der Waals surface area contributed by atoms with Crippen LogP contribution in [-0.2, 0) is 17.7 Å². The van der Waals surface area contributed by atoms with Crippen molar-refractivity contribution >= 4 is 17.7 Å². The van der Waals surface area contributed by atoms with Crippen LogP contribution in [-0.4, -0.2) is 72.8 Å². The second-order valence-corrected chi connectivity index (χ2v) is 11.6. The number of carbonyl (C=O) groups excluding carboxylic acids is 2. The smallest absolute Gasteiger partial charge is 0.411 e. The molecule has 1 fully saturated rings. The average molecular weight is 607 g/mol. The third kappa shape index (κ3) is 9.66. The molecule has 0 atom stereocenters. The molecule has 8 nitrogen and oxygen atoms in total. The molecule has 0 radical (unpaired) electrons. The SMILES string of the molecule is CN(CCc1ccc(O)cc1)Cc1ccc(C(=O)NCCN2CCC(OC(=O)Nc3ccccc3-c3ccccc3)CC2)cc1. The number of para-hydroxylation sites is 1. The Kier molecular flexibility index (Phi) is 11.2. The maximum atomic E-state index is 12.7. The van der Waals surface area contributed by atoms with E-state index in [0.29, 0.717) is 12.1 Å². The van der Waals surface area contributed by atoms with Crippen LogP contribution < -0.4 is 10.6 Å². The van der Waals surface area contributed by atoms with Gasteiger partial charge in [0.15, 0.2) is 0 Å². The highest BCUT2D eigenvalue weighted by Gasteiger charge is 2.23. The van der Waals surface area contributed by atoms with Gasteiger partial charge < -0.3 is 25.0 Å². The van der Waals surface area contributed by atoms with Gasteiger partial charge in [-0.3, -0.25) is 10.1 Å². The van der Waals surface area contributed by atoms with Crippen molar-refractivity contribution in [2.75, 3.05) is 45.1 Å². The minimum Gasteiger partial charge on any atom is -0.508 e. The minimum atomic E-state index is -0.434. The summed E-state index contributed by atoms with van der Waals surface area (Å²) in [7, 11) is 2.08. The number of nitrogens with zero attached hydrogens (tertiary/aromatic N) is 2. The number of piperidine rings is 1. The number of hydrogen-bond donors (Lipinski definition) is 3. The largest absolute Gasteiger partial charge is 0.508 e. The number of likely N-dealkylation sites (tertiary alicyclic amines) is 1. The molecule has 2 amide bonds. The van der Waals surface area contributed by atoms with Crippen molar-refractivity contribution < 1.29 is 19.4 Å². The number of anilines is 1. The third-order valence-corrected chi connectivity index (χ3v) is 8.16. The molecule has 4 aromatic carbocycles. The number of likely N-dealkylation sites (N-methyl/N-ethyl adjacent to an activating group) is 1. The highest BCUT2D eigenvalue weighted by atomic mass is 16.6. The van der Waals surface area contributed by atoms with Crippen molar-refractivity contribution in [3.63, 3.8) is 0 Å². The molecule has 234 valence electrons. The van der Waals surface area contributed by atoms with Gasteiger partial charge in [-0.15, -0.1) is 0 Å². The zero-order valence-corrected chi connectivity index (χ0v) is 25.8. The lowest BCUT2D eigenvalue weighted by Gasteiger charge is -2.31. The number of ether oxygens (including phenoxy) is 1. The van der Waals surface area contributed by atoms with E-state index in [1.54, 1.807) is 12.1 Å². The average Bonchev–Trinajstić information content (AvgIpc) is 3.06. The third-order valence-electron chi connectivity index (χ3n) is 8.16. The second-order valence-electron chi connectivity index (χ2n) is 11.6. The maximum Gasteiger partial charge on any atom is 0.411 e. The van der Waals surface area contributed by atoms with Crippen LogP contribution in [0.25, 0.3) is 11.1 Å². The van der Waals surface area contributed by atoms with Gasteiger partial charge in [0.1, 0.15) is 11.9 Å². The predicted octanol–water partition coefficient (Wildman–Crippen LogP) is 6.18. The molecular weight excluding hydrogens is 564 g/mol. The highest BCUT2D eigenvalue weighted by Crippen LogP contribution is 2.28. The lowest BCUT2D eigenvalue weighted by molar-refractivity contribution is 0.0587. The van der Waals surface area contributed by atoms with Gasteiger partial charge >= 0.3 is 6.09 Å². The normalized spacial score (nSPS) is 13.8. The summed E-state index contributed by atoms with van der Waals surface area (Å²) in [6, 6.07) is 32.8. The van der Waals surface area contributed by atoms with Gasteiger partial charge in [-0.25, -0.2) is 4.79 Å². The van der Waals surface area contributed by atoms with Crippen molar-refractivity contribution in [2.24, 2.45) is 0 Å². The number of aromatic hydroxyl groups is 1. The first-order valence-corrected chi connectivity index (χ1v) is 15.6. The van der Waals surface area contributed by atoms with E-state index in [9.17, 15) is 14.7 Å². The topological polar surface area (TPSA) is 94.1 Å². The van der Waals surface area contributed by atoms with Crippen LogP contribution in [0.1, 0.15) is 34.3 Å². The number of phenolic OH excluding ortho intramolecular Hbond substituents is 1. The maximum absolute atomic E-state index is 12.7. The molecule has 1 heterocycles. The van der Waals surface area contributed by atoms with Gasteiger partial charge in [0.25, 0.3) is 5.91 Å². The van der Waals surface area contributed by atoms with E-state index in [4.69, 9.17) is 4.74 Å². The molecule has 0 aromatic heterocycles. The monoisotopic (exact) mass is 606 g/mol. The van der Waals surface area contributed by atoms with Crippen molar-refractivity contribution in [2.45, 2.75) is 31.9 Å². The van der Waals surface area contributed by atoms with E-state index >= 15 is 0 Å². The Labute approximate surface area is 265 Å². The quantitative estimate of drug-likeness (QED) is 0.178. The number of carbonyl (C=O) groups is 2. The van der Waals surface area contributed by atoms with Crippen LogP contribution in [0.5, 0.6) is 5.75 Å². The number of benzene rings is 4. The zero-order valence-electron chi connectivity index (χ0n) is 25.8. The lowest BCUT2D eigenvalue weighted by Crippen LogP contribution is -2.42. The fourth-order valence-corrected chi connectivity index (χ4v) is 5.57. The van der Waals surface area contributed by atoms with Crippen molar-refractivity contribution in [3.8, 4) is 16.9 Å². The summed E-state index contributed by atoms with van der Waals surface area (Å²) in [5.74, 6) is 0.208. The van der Waals surface area contributed by atoms with Crippen LogP contribution in [0.4, 0.5) is 10.5 Å². The van der Waals surface area contributed by atoms with Crippen LogP contribution in [0.3, 0.4) is 0 Å². The van der Waals surface area contributed by atoms with Crippen LogP contribution in [0.15, 0.2) is 103 Å². The minimum absolute atomic E-state index is 0.0760. The molecule has 8 heteroatoms. The van der Waals surface area contributed by atoms with E-state index in [1.807, 2.05) is 91.0 Å². The van der Waals surface area contributed by atoms with Gasteiger partial charge in [0.2, 0.25) is 0 Å². The van der Waals surface area contributed by atoms with E-state index in [0.717, 1.165) is 74.4 Å². The molecule has 0 spiro atoms. The second kappa shape index (κ2) is 15.9.